The molecule has 0 spiro atoms. The Morgan fingerprint density at radius 2 is 2.00 bits per heavy atom. The topological polar surface area (TPSA) is 49.3 Å². The van der Waals surface area contributed by atoms with Gasteiger partial charge in [0.2, 0.25) is 0 Å². The van der Waals surface area contributed by atoms with E-state index in [1.165, 1.54) is 6.07 Å². The highest BCUT2D eigenvalue weighted by atomic mass is 35.5. The van der Waals surface area contributed by atoms with Gasteiger partial charge in [-0.25, -0.2) is 4.39 Å². The number of benzene rings is 1. The van der Waals surface area contributed by atoms with Crippen LogP contribution in [0.15, 0.2) is 18.2 Å². The smallest absolute Gasteiger partial charge is 0.255 e. The lowest BCUT2D eigenvalue weighted by Crippen LogP contribution is -2.24. The fraction of sp³-hybridized carbons (Fsp3) is 0.462. The summed E-state index contributed by atoms with van der Waals surface area (Å²) in [6.45, 7) is 0.511. The van der Waals surface area contributed by atoms with E-state index < -0.39 is 11.7 Å². The Bertz CT molecular complexity index is 399. The molecule has 1 aromatic carbocycles. The molecule has 0 saturated carbocycles. The van der Waals surface area contributed by atoms with Crippen LogP contribution in [0.5, 0.6) is 5.75 Å². The minimum Gasteiger partial charge on any atom is -0.507 e. The molecule has 0 unspecified atom stereocenters. The van der Waals surface area contributed by atoms with Gasteiger partial charge in [0.15, 0.2) is 0 Å². The summed E-state index contributed by atoms with van der Waals surface area (Å²) >= 11 is 5.54. The number of alkyl halides is 1. The van der Waals surface area contributed by atoms with Gasteiger partial charge in [0.05, 0.1) is 5.56 Å². The molecule has 5 heteroatoms. The van der Waals surface area contributed by atoms with Crippen LogP contribution >= 0.6 is 11.6 Å². The van der Waals surface area contributed by atoms with Crippen molar-refractivity contribution in [3.63, 3.8) is 0 Å². The van der Waals surface area contributed by atoms with Crippen molar-refractivity contribution >= 4 is 17.5 Å². The minimum atomic E-state index is -0.542. The Hall–Kier alpha value is -1.29. The number of rotatable bonds is 7. The predicted molar refractivity (Wildman–Crippen MR) is 69.6 cm³/mol. The third-order valence-corrected chi connectivity index (χ3v) is 2.82. The summed E-state index contributed by atoms with van der Waals surface area (Å²) in [4.78, 5) is 11.6. The summed E-state index contributed by atoms with van der Waals surface area (Å²) in [7, 11) is 0. The summed E-state index contributed by atoms with van der Waals surface area (Å²) in [5.41, 5.74) is -0.0317. The van der Waals surface area contributed by atoms with Crippen molar-refractivity contribution < 1.29 is 14.3 Å². The zero-order valence-electron chi connectivity index (χ0n) is 10.1. The van der Waals surface area contributed by atoms with Gasteiger partial charge in [0.25, 0.3) is 5.91 Å². The number of hydrogen-bond acceptors (Lipinski definition) is 2. The number of phenols is 1. The van der Waals surface area contributed by atoms with Crippen LogP contribution in [-0.4, -0.2) is 23.4 Å². The normalized spacial score (nSPS) is 10.3. The number of phenolic OH excluding ortho intramolecular Hbond substituents is 1. The van der Waals surface area contributed by atoms with Crippen molar-refractivity contribution in [3.8, 4) is 5.75 Å². The van der Waals surface area contributed by atoms with E-state index in [-0.39, 0.29) is 11.3 Å². The molecule has 18 heavy (non-hydrogen) atoms. The third kappa shape index (κ3) is 4.92. The van der Waals surface area contributed by atoms with Gasteiger partial charge >= 0.3 is 0 Å². The second-order valence-corrected chi connectivity index (χ2v) is 4.40. The average Bonchev–Trinajstić information content (AvgIpc) is 2.36. The maximum absolute atomic E-state index is 12.9. The first-order valence-corrected chi connectivity index (χ1v) is 6.51. The summed E-state index contributed by atoms with van der Waals surface area (Å²) in [6, 6.07) is 3.31. The van der Waals surface area contributed by atoms with Crippen LogP contribution in [0.4, 0.5) is 4.39 Å². The zero-order valence-corrected chi connectivity index (χ0v) is 10.8. The van der Waals surface area contributed by atoms with Crippen molar-refractivity contribution in [1.82, 2.24) is 5.32 Å². The van der Waals surface area contributed by atoms with Crippen LogP contribution in [0.2, 0.25) is 0 Å². The van der Waals surface area contributed by atoms with E-state index in [0.717, 1.165) is 37.8 Å². The van der Waals surface area contributed by atoms with E-state index in [9.17, 15) is 14.3 Å². The maximum Gasteiger partial charge on any atom is 0.255 e. The van der Waals surface area contributed by atoms with Gasteiger partial charge in [0, 0.05) is 12.4 Å². The molecule has 0 fully saturated rings. The quantitative estimate of drug-likeness (QED) is 0.592. The Balaban J connectivity index is 2.34. The van der Waals surface area contributed by atoms with Gasteiger partial charge in [-0.3, -0.25) is 4.79 Å². The number of carbonyl (C=O) groups excluding carboxylic acids is 1. The van der Waals surface area contributed by atoms with Gasteiger partial charge in [-0.1, -0.05) is 12.8 Å². The van der Waals surface area contributed by atoms with Gasteiger partial charge in [-0.2, -0.15) is 0 Å². The molecule has 0 heterocycles. The summed E-state index contributed by atoms with van der Waals surface area (Å²) in [5.74, 6) is -0.552. The first kappa shape index (κ1) is 14.8. The Labute approximate surface area is 111 Å². The van der Waals surface area contributed by atoms with E-state index in [1.54, 1.807) is 0 Å². The number of amides is 1. The van der Waals surface area contributed by atoms with Gasteiger partial charge in [-0.15, -0.1) is 11.6 Å². The largest absolute Gasteiger partial charge is 0.507 e. The van der Waals surface area contributed by atoms with E-state index in [1.807, 2.05) is 0 Å². The van der Waals surface area contributed by atoms with Crippen molar-refractivity contribution in [2.45, 2.75) is 25.7 Å². The predicted octanol–water partition coefficient (Wildman–Crippen LogP) is 3.06. The highest BCUT2D eigenvalue weighted by Gasteiger charge is 2.11. The van der Waals surface area contributed by atoms with E-state index in [0.29, 0.717) is 12.4 Å². The third-order valence-electron chi connectivity index (χ3n) is 2.55. The molecular formula is C13H17ClFNO2. The molecule has 1 rings (SSSR count). The first-order chi connectivity index (χ1) is 8.65. The van der Waals surface area contributed by atoms with Crippen LogP contribution in [0, 0.1) is 5.82 Å². The standard InChI is InChI=1S/C13H17ClFNO2/c14-7-3-1-2-4-8-16-13(18)11-9-10(15)5-6-12(11)17/h5-6,9,17H,1-4,7-8H2,(H,16,18). The summed E-state index contributed by atoms with van der Waals surface area (Å²) in [6.07, 6.45) is 3.84. The SMILES string of the molecule is O=C(NCCCCCCCl)c1cc(F)ccc1O. The number of carbonyl (C=O) groups is 1. The van der Waals surface area contributed by atoms with Gasteiger partial charge in [-0.05, 0) is 31.0 Å². The molecule has 3 nitrogen and oxygen atoms in total. The molecule has 100 valence electrons. The molecule has 0 aliphatic carbocycles. The summed E-state index contributed by atoms with van der Waals surface area (Å²) < 4.78 is 12.9. The van der Waals surface area contributed by atoms with Crippen LogP contribution < -0.4 is 5.32 Å². The lowest BCUT2D eigenvalue weighted by molar-refractivity contribution is 0.0950. The lowest BCUT2D eigenvalue weighted by atomic mass is 10.1. The Kier molecular flexibility index (Phi) is 6.50. The lowest BCUT2D eigenvalue weighted by Gasteiger charge is -2.06. The summed E-state index contributed by atoms with van der Waals surface area (Å²) in [5, 5.41) is 12.1. The molecule has 2 N–H and O–H groups in total. The van der Waals surface area contributed by atoms with Gasteiger partial charge < -0.3 is 10.4 Å². The molecular weight excluding hydrogens is 257 g/mol. The average molecular weight is 274 g/mol. The highest BCUT2D eigenvalue weighted by molar-refractivity contribution is 6.17. The number of hydrogen-bond donors (Lipinski definition) is 2. The maximum atomic E-state index is 12.9. The van der Waals surface area contributed by atoms with E-state index in [4.69, 9.17) is 11.6 Å². The van der Waals surface area contributed by atoms with Crippen LogP contribution in [0.3, 0.4) is 0 Å². The Morgan fingerprint density at radius 1 is 1.28 bits per heavy atom. The molecule has 1 amide bonds. The van der Waals surface area contributed by atoms with Crippen molar-refractivity contribution in [1.29, 1.82) is 0 Å². The second kappa shape index (κ2) is 7.93. The second-order valence-electron chi connectivity index (χ2n) is 4.02. The fourth-order valence-electron chi connectivity index (χ4n) is 1.56. The number of halogens is 2. The van der Waals surface area contributed by atoms with Crippen LogP contribution in [0.25, 0.3) is 0 Å². The Morgan fingerprint density at radius 3 is 2.72 bits per heavy atom. The molecule has 0 aromatic heterocycles. The number of aromatic hydroxyl groups is 1. The van der Waals surface area contributed by atoms with Crippen molar-refractivity contribution in [2.24, 2.45) is 0 Å². The molecule has 0 atom stereocenters. The molecule has 0 bridgehead atoms. The molecule has 0 saturated heterocycles. The fourth-order valence-corrected chi connectivity index (χ4v) is 1.75. The number of nitrogens with one attached hydrogen (secondary N) is 1. The van der Waals surface area contributed by atoms with Crippen molar-refractivity contribution in [2.75, 3.05) is 12.4 Å². The highest BCUT2D eigenvalue weighted by Crippen LogP contribution is 2.17. The van der Waals surface area contributed by atoms with Gasteiger partial charge in [0.1, 0.15) is 11.6 Å². The minimum absolute atomic E-state index is 0.0317. The molecule has 0 aliphatic rings. The first-order valence-electron chi connectivity index (χ1n) is 5.98. The van der Waals surface area contributed by atoms with E-state index in [2.05, 4.69) is 5.32 Å². The van der Waals surface area contributed by atoms with E-state index >= 15 is 0 Å². The molecule has 0 aliphatic heterocycles. The zero-order chi connectivity index (χ0) is 13.4. The van der Waals surface area contributed by atoms with Crippen molar-refractivity contribution in [3.05, 3.63) is 29.6 Å². The van der Waals surface area contributed by atoms with Crippen LogP contribution in [-0.2, 0) is 0 Å². The molecule has 0 radical (unpaired) electrons. The molecule has 1 aromatic rings. The number of unbranched alkanes of at least 4 members (excludes halogenated alkanes) is 3. The van der Waals surface area contributed by atoms with Crippen LogP contribution in [0.1, 0.15) is 36.0 Å². The monoisotopic (exact) mass is 273 g/mol.